The largest absolute Gasteiger partial charge is 0.549 e. The second-order valence-electron chi connectivity index (χ2n) is 3.04. The Balaban J connectivity index is 0. The van der Waals surface area contributed by atoms with Gasteiger partial charge in [-0.3, -0.25) is 4.89 Å². The third-order valence-electron chi connectivity index (χ3n) is 1.20. The van der Waals surface area contributed by atoms with Gasteiger partial charge in [-0.25, -0.2) is 13.3 Å². The first-order valence-electron chi connectivity index (χ1n) is 4.19. The van der Waals surface area contributed by atoms with E-state index in [4.69, 9.17) is 14.6 Å². The number of hydrogen-bond donors (Lipinski definition) is 2. The Hall–Kier alpha value is -0.450. The van der Waals surface area contributed by atoms with E-state index in [2.05, 4.69) is 4.74 Å². The van der Waals surface area contributed by atoms with E-state index >= 15 is 0 Å². The minimum absolute atomic E-state index is 0.974. The summed E-state index contributed by atoms with van der Waals surface area (Å²) in [4.78, 5) is 6.74. The van der Waals surface area contributed by atoms with Crippen LogP contribution in [0.2, 0.25) is 0 Å². The number of aliphatic hydroxyl groups excluding tert-OH is 1. The van der Waals surface area contributed by atoms with Gasteiger partial charge in [0, 0.05) is 0 Å². The van der Waals surface area contributed by atoms with Crippen molar-refractivity contribution in [2.24, 2.45) is 0 Å². The zero-order valence-electron chi connectivity index (χ0n) is 9.04. The van der Waals surface area contributed by atoms with Crippen LogP contribution in [0.4, 0.5) is 34.7 Å². The van der Waals surface area contributed by atoms with Crippen molar-refractivity contribution in [3.05, 3.63) is 0 Å². The lowest BCUT2D eigenvalue weighted by Gasteiger charge is -2.27. The van der Waals surface area contributed by atoms with Crippen molar-refractivity contribution in [1.82, 2.24) is 0 Å². The fourth-order valence-corrected chi connectivity index (χ4v) is 0.510. The van der Waals surface area contributed by atoms with Crippen LogP contribution in [0.15, 0.2) is 0 Å². The second kappa shape index (κ2) is 7.36. The smallest absolute Gasteiger partial charge is 0.391 e. The third-order valence-corrected chi connectivity index (χ3v) is 1.20. The Kier molecular flexibility index (Phi) is 8.08. The van der Waals surface area contributed by atoms with E-state index in [1.807, 2.05) is 0 Å². The first-order chi connectivity index (χ1) is 8.11. The van der Waals surface area contributed by atoms with Crippen LogP contribution in [0.3, 0.4) is 0 Å². The number of rotatable bonds is 4. The Morgan fingerprint density at radius 3 is 1.68 bits per heavy atom. The van der Waals surface area contributed by atoms with Gasteiger partial charge in [0.25, 0.3) is 0 Å². The molecule has 0 aliphatic carbocycles. The molecule has 0 aliphatic heterocycles. The van der Waals surface area contributed by atoms with E-state index in [9.17, 15) is 34.7 Å². The highest BCUT2D eigenvalue weighted by Crippen LogP contribution is 2.43. The maximum absolute atomic E-state index is 12.6. The highest BCUT2D eigenvalue weighted by atomic mass is 31.2. The van der Waals surface area contributed by atoms with Crippen LogP contribution in [0.25, 0.3) is 0 Å². The molecule has 0 aromatic carbocycles. The molecule has 0 amide bonds. The van der Waals surface area contributed by atoms with Crippen LogP contribution >= 0.6 is 7.99 Å². The summed E-state index contributed by atoms with van der Waals surface area (Å²) in [6.45, 7) is -0.192. The Morgan fingerprint density at radius 1 is 1.21 bits per heavy atom. The topological polar surface area (TPSA) is 66.8 Å². The first-order valence-corrected chi connectivity index (χ1v) is 5.63. The summed E-state index contributed by atoms with van der Waals surface area (Å²) >= 11 is 0. The first kappa shape index (κ1) is 20.9. The molecule has 0 fully saturated rings. The van der Waals surface area contributed by atoms with Gasteiger partial charge >= 0.3 is 26.4 Å². The summed E-state index contributed by atoms with van der Waals surface area (Å²) < 4.78 is 103. The van der Waals surface area contributed by atoms with Crippen LogP contribution in [0.1, 0.15) is 6.92 Å². The maximum Gasteiger partial charge on any atom is 0.549 e. The van der Waals surface area contributed by atoms with Gasteiger partial charge in [0.15, 0.2) is 0 Å². The molecule has 19 heavy (non-hydrogen) atoms. The summed E-state index contributed by atoms with van der Waals surface area (Å²) in [6, 6.07) is 0. The molecular weight excluding hydrogens is 319 g/mol. The summed E-state index contributed by atoms with van der Waals surface area (Å²) in [5.41, 5.74) is 0. The van der Waals surface area contributed by atoms with Crippen molar-refractivity contribution >= 4 is 7.99 Å². The van der Waals surface area contributed by atoms with Crippen LogP contribution in [-0.4, -0.2) is 41.2 Å². The van der Waals surface area contributed by atoms with E-state index in [1.165, 1.54) is 0 Å². The lowest BCUT2D eigenvalue weighted by Crippen LogP contribution is -2.50. The van der Waals surface area contributed by atoms with Gasteiger partial charge in [-0.05, 0) is 6.92 Å². The van der Waals surface area contributed by atoms with Crippen LogP contribution in [-0.2, 0) is 9.30 Å². The summed E-state index contributed by atoms with van der Waals surface area (Å²) in [5, 5.41) is 8.46. The van der Waals surface area contributed by atoms with E-state index in [1.54, 1.807) is 0 Å². The molecule has 2 unspecified atom stereocenters. The molecule has 0 bridgehead atoms. The minimum atomic E-state index is -5.84. The van der Waals surface area contributed by atoms with Gasteiger partial charge < -0.3 is 9.84 Å². The van der Waals surface area contributed by atoms with Crippen molar-refractivity contribution in [1.29, 1.82) is 0 Å². The molecule has 0 spiro atoms. The third kappa shape index (κ3) is 10.0. The predicted octanol–water partition coefficient (Wildman–Crippen LogP) is 2.90. The lowest BCUT2D eigenvalue weighted by molar-refractivity contribution is -0.372. The van der Waals surface area contributed by atoms with Gasteiger partial charge in [-0.2, -0.15) is 17.6 Å². The summed E-state index contributed by atoms with van der Waals surface area (Å²) in [6.07, 6.45) is -11.7. The highest BCUT2D eigenvalue weighted by Gasteiger charge is 2.64. The molecular formula is C6H9F8O4P. The fourth-order valence-electron chi connectivity index (χ4n) is 0.510. The van der Waals surface area contributed by atoms with E-state index in [-0.39, 0.29) is 0 Å². The zero-order valence-corrected chi connectivity index (χ0v) is 9.94. The lowest BCUT2D eigenvalue weighted by atomic mass is 10.3. The second-order valence-corrected chi connectivity index (χ2v) is 3.91. The number of halogens is 8. The van der Waals surface area contributed by atoms with Crippen LogP contribution in [0, 0.1) is 0 Å². The van der Waals surface area contributed by atoms with Crippen LogP contribution in [0.5, 0.6) is 0 Å². The molecule has 13 heteroatoms. The number of alkyl halides is 6. The quantitative estimate of drug-likeness (QED) is 0.615. The molecule has 2 N–H and O–H groups in total. The van der Waals surface area contributed by atoms with Gasteiger partial charge in [0.1, 0.15) is 0 Å². The van der Waals surface area contributed by atoms with Crippen molar-refractivity contribution in [3.63, 3.8) is 0 Å². The maximum atomic E-state index is 12.6. The van der Waals surface area contributed by atoms with Gasteiger partial charge in [-0.1, -0.05) is 0 Å². The normalized spacial score (nSPS) is 17.5. The van der Waals surface area contributed by atoms with E-state index in [0.717, 1.165) is 6.92 Å². The Bertz CT molecular complexity index is 294. The molecule has 4 nitrogen and oxygen atoms in total. The number of hydrogen-bond acceptors (Lipinski definition) is 3. The molecule has 0 rings (SSSR count). The molecule has 0 radical (unpaired) electrons. The van der Waals surface area contributed by atoms with Crippen molar-refractivity contribution in [2.75, 3.05) is 6.61 Å². The van der Waals surface area contributed by atoms with Crippen molar-refractivity contribution < 1.29 is 54.0 Å². The molecule has 0 aromatic heterocycles. The average Bonchev–Trinajstić information content (AvgIpc) is 2.08. The Labute approximate surface area is 101 Å². The molecule has 2 atom stereocenters. The number of aliphatic hydroxyl groups is 1. The average molecular weight is 328 g/mol. The summed E-state index contributed by atoms with van der Waals surface area (Å²) in [5.74, 6) is -5.02. The van der Waals surface area contributed by atoms with Crippen molar-refractivity contribution in [2.45, 2.75) is 31.5 Å². The molecule has 0 saturated heterocycles. The van der Waals surface area contributed by atoms with E-state index in [0.29, 0.717) is 0 Å². The molecule has 0 heterocycles. The predicted molar refractivity (Wildman–Crippen MR) is 45.6 cm³/mol. The van der Waals surface area contributed by atoms with Gasteiger partial charge in [0.2, 0.25) is 0 Å². The summed E-state index contributed by atoms with van der Waals surface area (Å²) in [7, 11) is -5.64. The molecule has 118 valence electrons. The molecule has 0 saturated carbocycles. The van der Waals surface area contributed by atoms with Crippen molar-refractivity contribution in [3.8, 4) is 0 Å². The van der Waals surface area contributed by atoms with Gasteiger partial charge in [0.05, 0.1) is 12.7 Å². The minimum Gasteiger partial charge on any atom is -0.391 e. The van der Waals surface area contributed by atoms with Gasteiger partial charge in [-0.15, -0.1) is 8.39 Å². The monoisotopic (exact) mass is 328 g/mol. The molecule has 0 aromatic rings. The SMILES string of the molecule is CC(O)COC(F)(C(F)F)C(F)(F)F.O=P(O)(F)F. The van der Waals surface area contributed by atoms with E-state index < -0.39 is 39.2 Å². The zero-order chi connectivity index (χ0) is 16.1. The highest BCUT2D eigenvalue weighted by molar-refractivity contribution is 7.46. The standard InChI is InChI=1S/C6H8F6O2.F2HO2P/c1-3(13)2-14-5(9,4(7)8)6(10,11)12;1-5(2,3)4/h3-4,13H,2H2,1H3;(H,3,4). The molecule has 0 aliphatic rings. The fraction of sp³-hybridized carbons (Fsp3) is 1.00. The van der Waals surface area contributed by atoms with Crippen LogP contribution < -0.4 is 0 Å². The number of ether oxygens (including phenoxy) is 1. The Morgan fingerprint density at radius 2 is 1.53 bits per heavy atom.